The molecular formula is C5H8Cl2O3. The van der Waals surface area contributed by atoms with Crippen molar-refractivity contribution in [1.82, 2.24) is 0 Å². The Morgan fingerprint density at radius 2 is 1.20 bits per heavy atom. The lowest BCUT2D eigenvalue weighted by Gasteiger charge is -2.09. The number of halogens is 2. The molecule has 3 nitrogen and oxygen atoms in total. The minimum absolute atomic E-state index is 0.778. The molecule has 0 aromatic rings. The van der Waals surface area contributed by atoms with Gasteiger partial charge in [-0.1, -0.05) is 0 Å². The van der Waals surface area contributed by atoms with E-state index in [4.69, 9.17) is 14.3 Å². The quantitative estimate of drug-likeness (QED) is 0.540. The molecule has 60 valence electrons. The zero-order chi connectivity index (χ0) is 7.82. The molecular weight excluding hydrogens is 179 g/mol. The lowest BCUT2D eigenvalue weighted by molar-refractivity contribution is -0.0334. The van der Waals surface area contributed by atoms with Gasteiger partial charge in [0.05, 0.1) is 26.4 Å². The summed E-state index contributed by atoms with van der Waals surface area (Å²) in [6.45, 7) is 3.11. The Morgan fingerprint density at radius 1 is 1.00 bits per heavy atom. The molecule has 0 unspecified atom stereocenters. The van der Waals surface area contributed by atoms with E-state index in [1.54, 1.807) is 0 Å². The van der Waals surface area contributed by atoms with Crippen LogP contribution in [0.5, 0.6) is 0 Å². The maximum absolute atomic E-state index is 8.98. The topological polar surface area (TPSA) is 35.5 Å². The van der Waals surface area contributed by atoms with Crippen LogP contribution < -0.4 is 0 Å². The summed E-state index contributed by atoms with van der Waals surface area (Å²) in [4.78, 5) is 8.98. The lowest BCUT2D eigenvalue weighted by Crippen LogP contribution is -2.16. The molecule has 1 heterocycles. The molecule has 0 N–H and O–H groups in total. The van der Waals surface area contributed by atoms with Gasteiger partial charge < -0.3 is 9.47 Å². The Hall–Kier alpha value is 0.170. The zero-order valence-corrected chi connectivity index (χ0v) is 6.82. The molecule has 0 aliphatic carbocycles. The first-order valence-corrected chi connectivity index (χ1v) is 3.49. The van der Waals surface area contributed by atoms with Crippen molar-refractivity contribution in [3.63, 3.8) is 0 Å². The van der Waals surface area contributed by atoms with Crippen molar-refractivity contribution in [2.75, 3.05) is 26.4 Å². The van der Waals surface area contributed by atoms with Crippen molar-refractivity contribution in [2.45, 2.75) is 0 Å². The fourth-order valence-corrected chi connectivity index (χ4v) is 0.440. The molecule has 0 bridgehead atoms. The largest absolute Gasteiger partial charge is 0.377 e. The van der Waals surface area contributed by atoms with Crippen LogP contribution in [0.15, 0.2) is 0 Å². The SMILES string of the molecule is C1COCCO1.O=C(Cl)Cl. The van der Waals surface area contributed by atoms with Gasteiger partial charge in [-0.15, -0.1) is 0 Å². The molecule has 0 aromatic heterocycles. The van der Waals surface area contributed by atoms with Crippen LogP contribution in [0.3, 0.4) is 0 Å². The third-order valence-electron chi connectivity index (χ3n) is 0.744. The van der Waals surface area contributed by atoms with Gasteiger partial charge in [0.2, 0.25) is 0 Å². The number of hydrogen-bond acceptors (Lipinski definition) is 3. The van der Waals surface area contributed by atoms with Gasteiger partial charge in [0.25, 0.3) is 0 Å². The fourth-order valence-electron chi connectivity index (χ4n) is 0.440. The molecule has 1 saturated heterocycles. The second kappa shape index (κ2) is 7.28. The second-order valence-electron chi connectivity index (χ2n) is 1.45. The van der Waals surface area contributed by atoms with Crippen LogP contribution in [0.4, 0.5) is 4.79 Å². The van der Waals surface area contributed by atoms with Crippen LogP contribution in [-0.2, 0) is 9.47 Å². The third-order valence-corrected chi connectivity index (χ3v) is 0.744. The Morgan fingerprint density at radius 3 is 1.30 bits per heavy atom. The maximum Gasteiger partial charge on any atom is 0.313 e. The third kappa shape index (κ3) is 11.0. The van der Waals surface area contributed by atoms with Crippen molar-refractivity contribution in [2.24, 2.45) is 0 Å². The van der Waals surface area contributed by atoms with Gasteiger partial charge in [0.1, 0.15) is 0 Å². The molecule has 10 heavy (non-hydrogen) atoms. The summed E-state index contributed by atoms with van der Waals surface area (Å²) in [5.41, 5.74) is 0. The highest BCUT2D eigenvalue weighted by molar-refractivity contribution is 6.93. The molecule has 0 aromatic carbocycles. The molecule has 0 radical (unpaired) electrons. The van der Waals surface area contributed by atoms with Gasteiger partial charge >= 0.3 is 4.70 Å². The highest BCUT2D eigenvalue weighted by Gasteiger charge is 1.94. The fraction of sp³-hybridized carbons (Fsp3) is 0.800. The number of carbonyl (C=O) groups excluding carboxylic acids is 1. The highest BCUT2D eigenvalue weighted by atomic mass is 35.5. The average Bonchev–Trinajstić information content (AvgIpc) is 1.90. The van der Waals surface area contributed by atoms with Crippen LogP contribution in [-0.4, -0.2) is 31.1 Å². The second-order valence-corrected chi connectivity index (χ2v) is 2.33. The summed E-state index contributed by atoms with van der Waals surface area (Å²) in [7, 11) is 0. The molecule has 0 saturated carbocycles. The molecule has 1 aliphatic heterocycles. The summed E-state index contributed by atoms with van der Waals surface area (Å²) in [6.07, 6.45) is 0. The first kappa shape index (κ1) is 10.2. The molecule has 5 heteroatoms. The molecule has 0 amide bonds. The van der Waals surface area contributed by atoms with Crippen molar-refractivity contribution in [1.29, 1.82) is 0 Å². The minimum atomic E-state index is -0.889. The van der Waals surface area contributed by atoms with Crippen molar-refractivity contribution in [3.8, 4) is 0 Å². The van der Waals surface area contributed by atoms with Crippen LogP contribution in [0.25, 0.3) is 0 Å². The van der Waals surface area contributed by atoms with E-state index in [2.05, 4.69) is 23.2 Å². The molecule has 1 fully saturated rings. The summed E-state index contributed by atoms with van der Waals surface area (Å²) in [5.74, 6) is 0. The first-order chi connectivity index (χ1) is 4.73. The van der Waals surface area contributed by atoms with Crippen molar-refractivity contribution >= 4 is 27.9 Å². The van der Waals surface area contributed by atoms with E-state index < -0.39 is 4.70 Å². The number of ether oxygens (including phenoxy) is 2. The maximum atomic E-state index is 8.98. The van der Waals surface area contributed by atoms with E-state index in [0.717, 1.165) is 26.4 Å². The van der Waals surface area contributed by atoms with Crippen LogP contribution in [0, 0.1) is 0 Å². The summed E-state index contributed by atoms with van der Waals surface area (Å²) < 4.78 is 9.00. The van der Waals surface area contributed by atoms with Gasteiger partial charge in [-0.3, -0.25) is 4.79 Å². The Kier molecular flexibility index (Phi) is 7.40. The van der Waals surface area contributed by atoms with Crippen LogP contribution >= 0.6 is 23.2 Å². The predicted octanol–water partition coefficient (Wildman–Crippen LogP) is 1.62. The van der Waals surface area contributed by atoms with E-state index in [1.807, 2.05) is 0 Å². The predicted molar refractivity (Wildman–Crippen MR) is 38.7 cm³/mol. The first-order valence-electron chi connectivity index (χ1n) is 2.74. The van der Waals surface area contributed by atoms with E-state index in [9.17, 15) is 0 Å². The van der Waals surface area contributed by atoms with Gasteiger partial charge in [-0.2, -0.15) is 0 Å². The molecule has 1 aliphatic rings. The van der Waals surface area contributed by atoms with E-state index >= 15 is 0 Å². The minimum Gasteiger partial charge on any atom is -0.377 e. The average molecular weight is 187 g/mol. The molecule has 0 atom stereocenters. The Bertz CT molecular complexity index is 77.4. The summed E-state index contributed by atoms with van der Waals surface area (Å²) in [6, 6.07) is 0. The van der Waals surface area contributed by atoms with Gasteiger partial charge in [0, 0.05) is 0 Å². The standard InChI is InChI=1S/C4H8O2.CCl2O/c1-2-6-4-3-5-1;2-1(3)4/h1-4H2;. The molecule has 0 spiro atoms. The summed E-state index contributed by atoms with van der Waals surface area (Å²) in [5, 5.41) is 0. The normalized spacial score (nSPS) is 17.0. The van der Waals surface area contributed by atoms with E-state index in [-0.39, 0.29) is 0 Å². The Labute approximate surface area is 69.2 Å². The number of carbonyl (C=O) groups is 1. The highest BCUT2D eigenvalue weighted by Crippen LogP contribution is 1.85. The van der Waals surface area contributed by atoms with Crippen molar-refractivity contribution < 1.29 is 14.3 Å². The zero-order valence-electron chi connectivity index (χ0n) is 5.31. The van der Waals surface area contributed by atoms with Crippen LogP contribution in [0.1, 0.15) is 0 Å². The number of rotatable bonds is 0. The lowest BCUT2D eigenvalue weighted by atomic mass is 10.6. The monoisotopic (exact) mass is 186 g/mol. The van der Waals surface area contributed by atoms with Crippen LogP contribution in [0.2, 0.25) is 0 Å². The van der Waals surface area contributed by atoms with Gasteiger partial charge in [-0.05, 0) is 23.2 Å². The van der Waals surface area contributed by atoms with E-state index in [1.165, 1.54) is 0 Å². The Balaban J connectivity index is 0.000000180. The smallest absolute Gasteiger partial charge is 0.313 e. The summed E-state index contributed by atoms with van der Waals surface area (Å²) >= 11 is 8.80. The van der Waals surface area contributed by atoms with Gasteiger partial charge in [-0.25, -0.2) is 0 Å². The van der Waals surface area contributed by atoms with Crippen molar-refractivity contribution in [3.05, 3.63) is 0 Å². The van der Waals surface area contributed by atoms with E-state index in [0.29, 0.717) is 0 Å². The van der Waals surface area contributed by atoms with Gasteiger partial charge in [0.15, 0.2) is 0 Å². The number of hydrogen-bond donors (Lipinski definition) is 0. The molecule has 1 rings (SSSR count).